The monoisotopic (exact) mass is 501 g/mol. The molecular formula is C27H33F2N3O4. The van der Waals surface area contributed by atoms with Gasteiger partial charge in [0.2, 0.25) is 5.91 Å². The van der Waals surface area contributed by atoms with E-state index >= 15 is 0 Å². The minimum absolute atomic E-state index is 0.0276. The Kier molecular flexibility index (Phi) is 6.03. The highest BCUT2D eigenvalue weighted by Gasteiger charge is 2.49. The van der Waals surface area contributed by atoms with Crippen LogP contribution in [-0.2, 0) is 16.1 Å². The lowest BCUT2D eigenvalue weighted by Gasteiger charge is -2.50. The maximum Gasteiger partial charge on any atom is 0.255 e. The minimum Gasteiger partial charge on any atom is -0.489 e. The van der Waals surface area contributed by atoms with Crippen molar-refractivity contribution in [3.8, 4) is 5.75 Å². The fraction of sp³-hybridized carbons (Fsp3) is 0.630. The number of benzene rings is 1. The minimum atomic E-state index is -2.55. The van der Waals surface area contributed by atoms with E-state index in [4.69, 9.17) is 9.47 Å². The maximum atomic E-state index is 13.1. The normalized spacial score (nSPS) is 31.0. The Balaban J connectivity index is 1.07. The zero-order valence-electron chi connectivity index (χ0n) is 20.4. The van der Waals surface area contributed by atoms with Gasteiger partial charge in [0.1, 0.15) is 17.9 Å². The predicted molar refractivity (Wildman–Crippen MR) is 128 cm³/mol. The van der Waals surface area contributed by atoms with E-state index in [0.717, 1.165) is 50.1 Å². The van der Waals surface area contributed by atoms with E-state index in [2.05, 4.69) is 16.8 Å². The number of amides is 2. The van der Waals surface area contributed by atoms with E-state index in [-0.39, 0.29) is 49.0 Å². The second kappa shape index (κ2) is 9.10. The molecule has 1 N–H and O–H groups in total. The molecule has 6 rings (SSSR count). The van der Waals surface area contributed by atoms with Crippen LogP contribution in [0.2, 0.25) is 0 Å². The highest BCUT2D eigenvalue weighted by Crippen LogP contribution is 2.41. The van der Waals surface area contributed by atoms with Gasteiger partial charge in [-0.1, -0.05) is 13.0 Å². The van der Waals surface area contributed by atoms with Crippen molar-refractivity contribution in [3.05, 3.63) is 41.6 Å². The standard InChI is InChI=1S/C27H33F2N3O4/c1-16-6-9-23(25(33)30-16)32-13-17-10-18(7-8-21(17)26(32)34)36-24-5-3-2-4-22(24)31-14-20(15-31)35-19-11-27(28,29)12-19/h7-8,10,19-20,22-24H,1-6,9,11-15H2,(H,30,33)/t22-,23?,24+/m1/s1. The summed E-state index contributed by atoms with van der Waals surface area (Å²) in [7, 11) is 0. The summed E-state index contributed by atoms with van der Waals surface area (Å²) in [5, 5.41) is 2.77. The number of nitrogens with zero attached hydrogens (tertiary/aromatic N) is 2. The molecule has 0 spiro atoms. The number of carbonyl (C=O) groups excluding carboxylic acids is 2. The smallest absolute Gasteiger partial charge is 0.255 e. The van der Waals surface area contributed by atoms with E-state index in [9.17, 15) is 18.4 Å². The molecule has 1 unspecified atom stereocenters. The topological polar surface area (TPSA) is 71.1 Å². The number of rotatable bonds is 6. The second-order valence-electron chi connectivity index (χ2n) is 11.0. The molecule has 1 aromatic rings. The first-order valence-corrected chi connectivity index (χ1v) is 13.1. The Hall–Kier alpha value is -2.52. The SMILES string of the molecule is C=C1CCC(N2Cc3cc(O[C@H]4CCCC[C@H]4N4CC(OC5CC(F)(F)C5)C4)ccc3C2=O)C(=O)N1. The van der Waals surface area contributed by atoms with Gasteiger partial charge in [0, 0.05) is 49.8 Å². The zero-order chi connectivity index (χ0) is 25.0. The molecule has 3 aliphatic heterocycles. The fourth-order valence-electron chi connectivity index (χ4n) is 6.31. The number of hydrogen-bond donors (Lipinski definition) is 1. The molecule has 0 bridgehead atoms. The molecule has 7 nitrogen and oxygen atoms in total. The Morgan fingerprint density at radius 3 is 2.58 bits per heavy atom. The first-order valence-electron chi connectivity index (χ1n) is 13.1. The average molecular weight is 502 g/mol. The van der Waals surface area contributed by atoms with Gasteiger partial charge in [-0.05, 0) is 55.9 Å². The van der Waals surface area contributed by atoms with Crippen LogP contribution in [0.1, 0.15) is 67.3 Å². The van der Waals surface area contributed by atoms with Gasteiger partial charge < -0.3 is 19.7 Å². The summed E-state index contributed by atoms with van der Waals surface area (Å²) in [6.07, 6.45) is 4.94. The Morgan fingerprint density at radius 2 is 1.83 bits per heavy atom. The summed E-state index contributed by atoms with van der Waals surface area (Å²) < 4.78 is 38.5. The number of halogens is 2. The second-order valence-corrected chi connectivity index (χ2v) is 11.0. The highest BCUT2D eigenvalue weighted by molar-refractivity contribution is 6.01. The van der Waals surface area contributed by atoms with Crippen molar-refractivity contribution in [1.82, 2.24) is 15.1 Å². The third kappa shape index (κ3) is 4.52. The van der Waals surface area contributed by atoms with E-state index < -0.39 is 12.0 Å². The van der Waals surface area contributed by atoms with E-state index in [1.54, 1.807) is 4.90 Å². The van der Waals surface area contributed by atoms with E-state index in [0.29, 0.717) is 30.6 Å². The van der Waals surface area contributed by atoms with Gasteiger partial charge in [-0.3, -0.25) is 14.5 Å². The number of ether oxygens (including phenoxy) is 2. The van der Waals surface area contributed by atoms with Crippen LogP contribution in [0, 0.1) is 0 Å². The summed E-state index contributed by atoms with van der Waals surface area (Å²) in [5.74, 6) is -2.09. The molecule has 3 heterocycles. The van der Waals surface area contributed by atoms with Crippen molar-refractivity contribution in [2.45, 2.75) is 94.2 Å². The summed E-state index contributed by atoms with van der Waals surface area (Å²) in [4.78, 5) is 29.5. The molecule has 0 aromatic heterocycles. The zero-order valence-corrected chi connectivity index (χ0v) is 20.4. The summed E-state index contributed by atoms with van der Waals surface area (Å²) >= 11 is 0. The van der Waals surface area contributed by atoms with Gasteiger partial charge in [0.25, 0.3) is 11.8 Å². The fourth-order valence-corrected chi connectivity index (χ4v) is 6.31. The largest absolute Gasteiger partial charge is 0.489 e. The lowest BCUT2D eigenvalue weighted by molar-refractivity contribution is -0.207. The third-order valence-corrected chi connectivity index (χ3v) is 8.35. The van der Waals surface area contributed by atoms with Crippen LogP contribution < -0.4 is 10.1 Å². The number of nitrogens with one attached hydrogen (secondary N) is 1. The Bertz CT molecular complexity index is 1070. The Morgan fingerprint density at radius 1 is 1.06 bits per heavy atom. The molecule has 194 valence electrons. The number of piperidine rings is 1. The number of allylic oxidation sites excluding steroid dienone is 1. The van der Waals surface area contributed by atoms with Crippen LogP contribution in [0.4, 0.5) is 8.78 Å². The van der Waals surface area contributed by atoms with Crippen LogP contribution in [-0.4, -0.2) is 71.0 Å². The van der Waals surface area contributed by atoms with Crippen molar-refractivity contribution in [1.29, 1.82) is 0 Å². The summed E-state index contributed by atoms with van der Waals surface area (Å²) in [5.41, 5.74) is 2.21. The molecule has 2 saturated heterocycles. The van der Waals surface area contributed by atoms with Gasteiger partial charge in [0.15, 0.2) is 0 Å². The van der Waals surface area contributed by atoms with Crippen LogP contribution in [0.15, 0.2) is 30.5 Å². The molecule has 2 amide bonds. The summed E-state index contributed by atoms with van der Waals surface area (Å²) in [6, 6.07) is 5.40. The van der Waals surface area contributed by atoms with Crippen LogP contribution in [0.5, 0.6) is 5.75 Å². The van der Waals surface area contributed by atoms with E-state index in [1.807, 2.05) is 18.2 Å². The third-order valence-electron chi connectivity index (χ3n) is 8.35. The molecule has 2 aliphatic carbocycles. The van der Waals surface area contributed by atoms with Gasteiger partial charge in [-0.25, -0.2) is 8.78 Å². The number of fused-ring (bicyclic) bond motifs is 1. The number of likely N-dealkylation sites (tertiary alicyclic amines) is 1. The molecule has 9 heteroatoms. The molecule has 3 atom stereocenters. The number of alkyl halides is 2. The van der Waals surface area contributed by atoms with Crippen LogP contribution in [0.3, 0.4) is 0 Å². The number of hydrogen-bond acceptors (Lipinski definition) is 5. The average Bonchev–Trinajstić information content (AvgIpc) is 3.11. The van der Waals surface area contributed by atoms with Crippen molar-refractivity contribution in [3.63, 3.8) is 0 Å². The van der Waals surface area contributed by atoms with Gasteiger partial charge in [-0.2, -0.15) is 0 Å². The molecule has 1 aromatic carbocycles. The van der Waals surface area contributed by atoms with Crippen LogP contribution in [0.25, 0.3) is 0 Å². The first-order chi connectivity index (χ1) is 17.3. The van der Waals surface area contributed by atoms with Gasteiger partial charge in [0.05, 0.1) is 12.2 Å². The molecule has 2 saturated carbocycles. The van der Waals surface area contributed by atoms with Gasteiger partial charge >= 0.3 is 0 Å². The van der Waals surface area contributed by atoms with Crippen molar-refractivity contribution in [2.24, 2.45) is 0 Å². The van der Waals surface area contributed by atoms with Crippen molar-refractivity contribution in [2.75, 3.05) is 13.1 Å². The summed E-state index contributed by atoms with van der Waals surface area (Å²) in [6.45, 7) is 5.74. The van der Waals surface area contributed by atoms with Crippen molar-refractivity contribution < 1.29 is 27.8 Å². The lowest BCUT2D eigenvalue weighted by Crippen LogP contribution is -2.62. The molecular weight excluding hydrogens is 468 g/mol. The quantitative estimate of drug-likeness (QED) is 0.645. The first kappa shape index (κ1) is 23.9. The predicted octanol–water partition coefficient (Wildman–Crippen LogP) is 3.62. The maximum absolute atomic E-state index is 13.1. The van der Waals surface area contributed by atoms with Gasteiger partial charge in [-0.15, -0.1) is 0 Å². The number of carbonyl (C=O) groups is 2. The molecule has 0 radical (unpaired) electrons. The molecule has 4 fully saturated rings. The van der Waals surface area contributed by atoms with Crippen molar-refractivity contribution >= 4 is 11.8 Å². The molecule has 5 aliphatic rings. The Labute approximate surface area is 209 Å². The highest BCUT2D eigenvalue weighted by atomic mass is 19.3. The molecule has 36 heavy (non-hydrogen) atoms. The van der Waals surface area contributed by atoms with Crippen LogP contribution >= 0.6 is 0 Å². The van der Waals surface area contributed by atoms with E-state index in [1.165, 1.54) is 0 Å². The lowest BCUT2D eigenvalue weighted by atomic mass is 9.88.